The Morgan fingerprint density at radius 2 is 2.16 bits per heavy atom. The first-order valence-corrected chi connectivity index (χ1v) is 6.74. The molecule has 2 atom stereocenters. The summed E-state index contributed by atoms with van der Waals surface area (Å²) in [6.45, 7) is 1.37. The van der Waals surface area contributed by atoms with E-state index in [1.807, 2.05) is 0 Å². The van der Waals surface area contributed by atoms with Crippen LogP contribution in [0.3, 0.4) is 0 Å². The van der Waals surface area contributed by atoms with Crippen LogP contribution in [0.2, 0.25) is 0 Å². The molecule has 0 radical (unpaired) electrons. The van der Waals surface area contributed by atoms with Gasteiger partial charge >= 0.3 is 6.18 Å². The largest absolute Gasteiger partial charge is 0.401 e. The van der Waals surface area contributed by atoms with E-state index in [9.17, 15) is 18.0 Å². The average molecular weight is 279 g/mol. The Hall–Kier alpha value is -0.820. The number of nitrogens with one attached hydrogen (secondary N) is 2. The predicted molar refractivity (Wildman–Crippen MR) is 64.6 cm³/mol. The normalized spacial score (nSPS) is 28.8. The van der Waals surface area contributed by atoms with Gasteiger partial charge in [-0.1, -0.05) is 0 Å². The van der Waals surface area contributed by atoms with Crippen molar-refractivity contribution in [2.45, 2.75) is 31.5 Å². The molecule has 2 unspecified atom stereocenters. The van der Waals surface area contributed by atoms with Gasteiger partial charge in [0.15, 0.2) is 0 Å². The Morgan fingerprint density at radius 1 is 1.37 bits per heavy atom. The number of amides is 1. The lowest BCUT2D eigenvalue weighted by Gasteiger charge is -2.18. The molecule has 1 amide bonds. The van der Waals surface area contributed by atoms with Crippen molar-refractivity contribution < 1.29 is 18.0 Å². The Balaban J connectivity index is 1.66. The molecule has 2 fully saturated rings. The molecule has 0 saturated carbocycles. The molecule has 4 nitrogen and oxygen atoms in total. The molecular weight excluding hydrogens is 259 g/mol. The van der Waals surface area contributed by atoms with Gasteiger partial charge in [-0.05, 0) is 38.3 Å². The molecule has 110 valence electrons. The van der Waals surface area contributed by atoms with E-state index < -0.39 is 12.7 Å². The molecule has 2 aliphatic rings. The molecule has 19 heavy (non-hydrogen) atoms. The smallest absolute Gasteiger partial charge is 0.354 e. The summed E-state index contributed by atoms with van der Waals surface area (Å²) >= 11 is 0. The molecule has 0 aliphatic carbocycles. The van der Waals surface area contributed by atoms with E-state index in [1.54, 1.807) is 0 Å². The molecular formula is C12H20F3N3O. The van der Waals surface area contributed by atoms with Crippen LogP contribution in [-0.2, 0) is 4.79 Å². The van der Waals surface area contributed by atoms with Gasteiger partial charge in [-0.15, -0.1) is 0 Å². The van der Waals surface area contributed by atoms with Crippen LogP contribution in [0.25, 0.3) is 0 Å². The SMILES string of the molecule is O=C(NCC1CCN(CC(F)(F)F)C1)C1CCCN1. The van der Waals surface area contributed by atoms with E-state index in [-0.39, 0.29) is 17.9 Å². The van der Waals surface area contributed by atoms with Crippen LogP contribution in [0.1, 0.15) is 19.3 Å². The van der Waals surface area contributed by atoms with Crippen LogP contribution in [0.4, 0.5) is 13.2 Å². The first-order chi connectivity index (χ1) is 8.94. The molecule has 0 aromatic rings. The first kappa shape index (κ1) is 14.6. The van der Waals surface area contributed by atoms with Crippen molar-refractivity contribution >= 4 is 5.91 Å². The van der Waals surface area contributed by atoms with Crippen LogP contribution in [0.15, 0.2) is 0 Å². The fourth-order valence-corrected chi connectivity index (χ4v) is 2.75. The lowest BCUT2D eigenvalue weighted by atomic mass is 10.1. The molecule has 0 spiro atoms. The summed E-state index contributed by atoms with van der Waals surface area (Å²) in [4.78, 5) is 13.2. The van der Waals surface area contributed by atoms with Gasteiger partial charge < -0.3 is 10.6 Å². The molecule has 2 aliphatic heterocycles. The topological polar surface area (TPSA) is 44.4 Å². The monoisotopic (exact) mass is 279 g/mol. The van der Waals surface area contributed by atoms with Gasteiger partial charge in [0.25, 0.3) is 0 Å². The van der Waals surface area contributed by atoms with Crippen LogP contribution >= 0.6 is 0 Å². The minimum atomic E-state index is -4.13. The Morgan fingerprint density at radius 3 is 2.79 bits per heavy atom. The first-order valence-electron chi connectivity index (χ1n) is 6.74. The minimum absolute atomic E-state index is 0.0215. The van der Waals surface area contributed by atoms with E-state index in [0.29, 0.717) is 26.1 Å². The molecule has 2 heterocycles. The number of carbonyl (C=O) groups excluding carboxylic acids is 1. The summed E-state index contributed by atoms with van der Waals surface area (Å²) in [7, 11) is 0. The fraction of sp³-hybridized carbons (Fsp3) is 0.917. The van der Waals surface area contributed by atoms with Gasteiger partial charge in [0.1, 0.15) is 0 Å². The molecule has 7 heteroatoms. The highest BCUT2D eigenvalue weighted by atomic mass is 19.4. The predicted octanol–water partition coefficient (Wildman–Crippen LogP) is 0.739. The van der Waals surface area contributed by atoms with E-state index in [1.165, 1.54) is 4.90 Å². The summed E-state index contributed by atoms with van der Waals surface area (Å²) in [6.07, 6.45) is -1.57. The highest BCUT2D eigenvalue weighted by Crippen LogP contribution is 2.22. The van der Waals surface area contributed by atoms with E-state index >= 15 is 0 Å². The maximum Gasteiger partial charge on any atom is 0.401 e. The molecule has 0 aromatic heterocycles. The standard InChI is InChI=1S/C12H20F3N3O/c13-12(14,15)8-18-5-3-9(7-18)6-17-11(19)10-2-1-4-16-10/h9-10,16H,1-8H2,(H,17,19). The number of hydrogen-bond donors (Lipinski definition) is 2. The highest BCUT2D eigenvalue weighted by Gasteiger charge is 2.34. The van der Waals surface area contributed by atoms with Gasteiger partial charge in [0.05, 0.1) is 12.6 Å². The molecule has 2 N–H and O–H groups in total. The van der Waals surface area contributed by atoms with Crippen molar-refractivity contribution in [3.8, 4) is 0 Å². The van der Waals surface area contributed by atoms with Crippen LogP contribution in [0.5, 0.6) is 0 Å². The second-order valence-corrected chi connectivity index (χ2v) is 5.40. The minimum Gasteiger partial charge on any atom is -0.354 e. The summed E-state index contributed by atoms with van der Waals surface area (Å²) in [5.41, 5.74) is 0. The van der Waals surface area contributed by atoms with Crippen LogP contribution in [-0.4, -0.2) is 55.7 Å². The Kier molecular flexibility index (Phi) is 4.67. The van der Waals surface area contributed by atoms with Gasteiger partial charge in [0, 0.05) is 13.1 Å². The van der Waals surface area contributed by atoms with Crippen molar-refractivity contribution in [2.75, 3.05) is 32.7 Å². The number of alkyl halides is 3. The molecule has 0 aromatic carbocycles. The number of likely N-dealkylation sites (tertiary alicyclic amines) is 1. The second kappa shape index (κ2) is 6.09. The van der Waals surface area contributed by atoms with Gasteiger partial charge in [-0.25, -0.2) is 0 Å². The highest BCUT2D eigenvalue weighted by molar-refractivity contribution is 5.81. The van der Waals surface area contributed by atoms with E-state index in [2.05, 4.69) is 10.6 Å². The number of nitrogens with zero attached hydrogens (tertiary/aromatic N) is 1. The maximum atomic E-state index is 12.2. The van der Waals surface area contributed by atoms with Crippen molar-refractivity contribution in [1.29, 1.82) is 0 Å². The third-order valence-electron chi connectivity index (χ3n) is 3.71. The summed E-state index contributed by atoms with van der Waals surface area (Å²) in [5, 5.41) is 5.94. The quantitative estimate of drug-likeness (QED) is 0.798. The van der Waals surface area contributed by atoms with Crippen molar-refractivity contribution in [2.24, 2.45) is 5.92 Å². The summed E-state index contributed by atoms with van der Waals surface area (Å²) in [5.74, 6) is 0.111. The number of halogens is 3. The number of hydrogen-bond acceptors (Lipinski definition) is 3. The summed E-state index contributed by atoms with van der Waals surface area (Å²) < 4.78 is 36.7. The van der Waals surface area contributed by atoms with Gasteiger partial charge in [-0.3, -0.25) is 9.69 Å². The van der Waals surface area contributed by atoms with Gasteiger partial charge in [-0.2, -0.15) is 13.2 Å². The number of rotatable bonds is 4. The lowest BCUT2D eigenvalue weighted by molar-refractivity contribution is -0.143. The van der Waals surface area contributed by atoms with Crippen molar-refractivity contribution in [1.82, 2.24) is 15.5 Å². The number of carbonyl (C=O) groups is 1. The third kappa shape index (κ3) is 4.65. The molecule has 2 saturated heterocycles. The second-order valence-electron chi connectivity index (χ2n) is 5.40. The van der Waals surface area contributed by atoms with E-state index in [0.717, 1.165) is 19.4 Å². The maximum absolute atomic E-state index is 12.2. The van der Waals surface area contributed by atoms with E-state index in [4.69, 9.17) is 0 Å². The fourth-order valence-electron chi connectivity index (χ4n) is 2.75. The Labute approximate surface area is 110 Å². The van der Waals surface area contributed by atoms with Crippen LogP contribution in [0, 0.1) is 5.92 Å². The lowest BCUT2D eigenvalue weighted by Crippen LogP contribution is -2.42. The Bertz CT molecular complexity index is 316. The van der Waals surface area contributed by atoms with Crippen molar-refractivity contribution in [3.63, 3.8) is 0 Å². The van der Waals surface area contributed by atoms with Crippen LogP contribution < -0.4 is 10.6 Å². The third-order valence-corrected chi connectivity index (χ3v) is 3.71. The average Bonchev–Trinajstić information content (AvgIpc) is 2.94. The molecule has 2 rings (SSSR count). The van der Waals surface area contributed by atoms with Gasteiger partial charge in [0.2, 0.25) is 5.91 Å². The zero-order valence-electron chi connectivity index (χ0n) is 10.8. The van der Waals surface area contributed by atoms with Crippen molar-refractivity contribution in [3.05, 3.63) is 0 Å². The summed E-state index contributed by atoms with van der Waals surface area (Å²) in [6, 6.07) is -0.118. The zero-order chi connectivity index (χ0) is 13.9. The molecule has 0 bridgehead atoms. The zero-order valence-corrected chi connectivity index (χ0v) is 10.8.